The Hall–Kier alpha value is -3.28. The fraction of sp³-hybridized carbons (Fsp3) is 0.583. The molecule has 0 spiro atoms. The van der Waals surface area contributed by atoms with E-state index in [4.69, 9.17) is 29.7 Å². The summed E-state index contributed by atoms with van der Waals surface area (Å²) in [6.07, 6.45) is 15.2. The molecule has 0 aromatic heterocycles. The number of ether oxygens (including phenoxy) is 2. The number of hydrogen-bond acceptors (Lipinski definition) is 8. The minimum absolute atomic E-state index is 0.142. The molecule has 0 bridgehead atoms. The highest BCUT2D eigenvalue weighted by atomic mass is 35.5. The van der Waals surface area contributed by atoms with Crippen LogP contribution in [0.4, 0.5) is 5.69 Å². The van der Waals surface area contributed by atoms with E-state index in [0.717, 1.165) is 128 Å². The van der Waals surface area contributed by atoms with Crippen LogP contribution in [0.15, 0.2) is 69.6 Å². The number of alkyl halides is 1. The number of hydrogen-bond donors (Lipinski definition) is 0. The summed E-state index contributed by atoms with van der Waals surface area (Å²) in [6, 6.07) is 13.9. The molecule has 0 amide bonds. The van der Waals surface area contributed by atoms with E-state index in [1.165, 1.54) is 7.11 Å². The molecule has 59 heavy (non-hydrogen) atoms. The van der Waals surface area contributed by atoms with Crippen LogP contribution in [0.2, 0.25) is 0 Å². The number of Topliss-reactive ketones (excluding diaryl/α,β-unsaturated/α-hetero) is 1. The Kier molecular flexibility index (Phi) is 18.9. The Bertz CT molecular complexity index is 2020. The van der Waals surface area contributed by atoms with E-state index in [0.29, 0.717) is 32.7 Å². The molecule has 3 aliphatic rings. The summed E-state index contributed by atoms with van der Waals surface area (Å²) in [5, 5.41) is 1.14. The van der Waals surface area contributed by atoms with Gasteiger partial charge in [0.05, 0.1) is 31.3 Å². The first-order chi connectivity index (χ1) is 28.2. The predicted molar refractivity (Wildman–Crippen MR) is 242 cm³/mol. The van der Waals surface area contributed by atoms with Crippen LogP contribution in [0, 0.1) is 0 Å². The van der Waals surface area contributed by atoms with Crippen molar-refractivity contribution in [1.82, 2.24) is 4.58 Å². The molecule has 2 aliphatic heterocycles. The number of carbonyl (C=O) groups excluding carboxylic acids is 1. The zero-order valence-electron chi connectivity index (χ0n) is 37.0. The molecule has 0 saturated carbocycles. The average molecular weight is 855 g/mol. The normalized spacial score (nSPS) is 14.9. The highest BCUT2D eigenvalue weighted by Crippen LogP contribution is 2.49. The lowest BCUT2D eigenvalue weighted by Gasteiger charge is -2.27. The summed E-state index contributed by atoms with van der Waals surface area (Å²) >= 11 is 5.72. The Morgan fingerprint density at radius 2 is 1.54 bits per heavy atom. The molecule has 1 aromatic rings. The molecular weight excluding hydrogens is 784 g/mol. The molecule has 4 rings (SSSR count). The first kappa shape index (κ1) is 48.4. The van der Waals surface area contributed by atoms with Gasteiger partial charge in [0.15, 0.2) is 0 Å². The minimum atomic E-state index is -3.87. The maximum absolute atomic E-state index is 12.8. The summed E-state index contributed by atoms with van der Waals surface area (Å²) in [6.45, 7) is 20.1. The molecule has 0 radical (unpaired) electrons. The Labute approximate surface area is 359 Å². The van der Waals surface area contributed by atoms with Gasteiger partial charge in [-0.15, -0.1) is 11.6 Å². The second-order valence-corrected chi connectivity index (χ2v) is 19.0. The van der Waals surface area contributed by atoms with Crippen molar-refractivity contribution in [1.29, 1.82) is 0 Å². The van der Waals surface area contributed by atoms with Crippen molar-refractivity contribution in [3.63, 3.8) is 0 Å². The van der Waals surface area contributed by atoms with Gasteiger partial charge in [-0.25, -0.2) is 4.58 Å². The third-order valence-corrected chi connectivity index (χ3v) is 12.7. The first-order valence-corrected chi connectivity index (χ1v) is 23.6. The third-order valence-electron chi connectivity index (χ3n) is 11.2. The monoisotopic (exact) mass is 853 g/mol. The molecule has 1 aromatic carbocycles. The van der Waals surface area contributed by atoms with Crippen LogP contribution >= 0.6 is 11.6 Å². The summed E-state index contributed by atoms with van der Waals surface area (Å²) in [5.41, 5.74) is 4.41. The van der Waals surface area contributed by atoms with Gasteiger partial charge in [0.1, 0.15) is 30.4 Å². The molecule has 0 saturated heterocycles. The quantitative estimate of drug-likeness (QED) is 0.0360. The lowest BCUT2D eigenvalue weighted by atomic mass is 9.83. The van der Waals surface area contributed by atoms with E-state index in [2.05, 4.69) is 100 Å². The van der Waals surface area contributed by atoms with Crippen molar-refractivity contribution < 1.29 is 31.3 Å². The van der Waals surface area contributed by atoms with Crippen molar-refractivity contribution in [3.05, 3.63) is 82.6 Å². The van der Waals surface area contributed by atoms with Crippen LogP contribution in [0.5, 0.6) is 0 Å². The fourth-order valence-electron chi connectivity index (χ4n) is 7.62. The topological polar surface area (TPSA) is 98.3 Å². The Morgan fingerprint density at radius 3 is 2.22 bits per heavy atom. The van der Waals surface area contributed by atoms with Crippen molar-refractivity contribution in [2.45, 2.75) is 128 Å². The lowest BCUT2D eigenvalue weighted by molar-refractivity contribution is -0.119. The number of ketones is 1. The summed E-state index contributed by atoms with van der Waals surface area (Å²) in [5.74, 6) is 2.75. The van der Waals surface area contributed by atoms with Gasteiger partial charge in [-0.05, 0) is 93.5 Å². The number of unbranched alkanes of at least 4 members (excludes halogenated alkanes) is 5. The van der Waals surface area contributed by atoms with E-state index in [1.807, 2.05) is 6.07 Å². The molecule has 11 heteroatoms. The Balaban J connectivity index is 1.44. The van der Waals surface area contributed by atoms with Crippen molar-refractivity contribution in [2.75, 3.05) is 64.0 Å². The van der Waals surface area contributed by atoms with Crippen LogP contribution in [0.1, 0.15) is 130 Å². The van der Waals surface area contributed by atoms with E-state index in [-0.39, 0.29) is 16.1 Å². The second-order valence-electron chi connectivity index (χ2n) is 16.9. The van der Waals surface area contributed by atoms with Gasteiger partial charge in [0.2, 0.25) is 5.36 Å². The zero-order chi connectivity index (χ0) is 43.1. The highest BCUT2D eigenvalue weighted by molar-refractivity contribution is 7.86. The molecule has 2 heterocycles. The third kappa shape index (κ3) is 13.6. The van der Waals surface area contributed by atoms with Crippen molar-refractivity contribution >= 4 is 39.3 Å². The second kappa shape index (κ2) is 23.1. The number of fused-ring (bicyclic) bond motifs is 2. The zero-order valence-corrected chi connectivity index (χ0v) is 38.6. The van der Waals surface area contributed by atoms with Gasteiger partial charge in [-0.3, -0.25) is 8.98 Å². The van der Waals surface area contributed by atoms with E-state index in [1.54, 1.807) is 12.1 Å². The number of allylic oxidation sites excluding steroid dienone is 3. The van der Waals surface area contributed by atoms with Crippen LogP contribution in [-0.2, 0) is 39.4 Å². The van der Waals surface area contributed by atoms with Gasteiger partial charge in [-0.2, -0.15) is 8.42 Å². The maximum Gasteiger partial charge on any atom is 0.296 e. The number of carbonyl (C=O) groups is 1. The number of rotatable bonds is 25. The van der Waals surface area contributed by atoms with Crippen LogP contribution in [-0.4, -0.2) is 73.3 Å². The van der Waals surface area contributed by atoms with E-state index >= 15 is 0 Å². The van der Waals surface area contributed by atoms with Gasteiger partial charge in [-0.1, -0.05) is 66.0 Å². The first-order valence-electron chi connectivity index (χ1n) is 21.7. The lowest BCUT2D eigenvalue weighted by Crippen LogP contribution is -2.29. The standard InChI is InChI=1S/C48H70ClN2O7S/c1-9-50(10-2)38-24-26-41-37(34-46(47(3,4)5)58-44(41)35-38)20-18-23-45-48(6,7)42-36-40(59(53,54)55-8)25-27-43(42)51(45)29-16-13-14-21-39(52)22-19-31-57-33-32-56-30-17-12-11-15-28-49/h18,20,23-27,34-36H,9-17,19,21-22,28-33H2,1-8H3/q+1. The average Bonchev–Trinajstić information content (AvgIpc) is 3.42. The maximum atomic E-state index is 12.8. The summed E-state index contributed by atoms with van der Waals surface area (Å²) in [4.78, 5) is 15.1. The van der Waals surface area contributed by atoms with Gasteiger partial charge >= 0.3 is 0 Å². The summed E-state index contributed by atoms with van der Waals surface area (Å²) in [7, 11) is -2.68. The minimum Gasteiger partial charge on any atom is -0.460 e. The van der Waals surface area contributed by atoms with E-state index in [9.17, 15) is 13.2 Å². The molecule has 0 fully saturated rings. The number of benzene rings is 2. The van der Waals surface area contributed by atoms with Crippen LogP contribution < -0.4 is 14.8 Å². The summed E-state index contributed by atoms with van der Waals surface area (Å²) < 4.78 is 50.6. The fourth-order valence-corrected chi connectivity index (χ4v) is 8.50. The molecule has 326 valence electrons. The molecule has 9 nitrogen and oxygen atoms in total. The molecule has 0 unspecified atom stereocenters. The number of anilines is 1. The number of nitrogens with zero attached hydrogens (tertiary/aromatic N) is 2. The Morgan fingerprint density at radius 1 is 0.864 bits per heavy atom. The van der Waals surface area contributed by atoms with Crippen molar-refractivity contribution in [3.8, 4) is 11.3 Å². The molecule has 1 aliphatic carbocycles. The number of halogens is 1. The highest BCUT2D eigenvalue weighted by Gasteiger charge is 2.40. The van der Waals surface area contributed by atoms with Gasteiger partial charge in [0, 0.05) is 72.3 Å². The largest absolute Gasteiger partial charge is 0.460 e. The van der Waals surface area contributed by atoms with Crippen LogP contribution in [0.3, 0.4) is 0 Å². The van der Waals surface area contributed by atoms with Crippen molar-refractivity contribution in [2.24, 2.45) is 0 Å². The van der Waals surface area contributed by atoms with E-state index < -0.39 is 15.5 Å². The molecular formula is C48H70ClN2O7S+. The smallest absolute Gasteiger partial charge is 0.296 e. The SMILES string of the molecule is CC[N+](CC)=c1ccc2c(/C=C/C=C3/N(CCCCCC(=O)CCCOCCOCCCCCCCl)c4ccc(S(=O)(=O)OC)cc4C3(C)C)cc(C(C)(C)C)oc-2c1. The molecule has 0 atom stereocenters. The van der Waals surface area contributed by atoms with Crippen LogP contribution in [0.25, 0.3) is 17.4 Å². The molecule has 0 N–H and O–H groups in total. The van der Waals surface area contributed by atoms with Gasteiger partial charge in [0.25, 0.3) is 10.1 Å². The predicted octanol–water partition coefficient (Wildman–Crippen LogP) is 10.3. The van der Waals surface area contributed by atoms with Gasteiger partial charge < -0.3 is 18.8 Å².